The molecule has 0 heterocycles. The fraction of sp³-hybridized carbons (Fsp3) is 0.938. The number of unbranched alkanes of at least 4 members (excludes halogenated alkanes) is 16. The molecule has 10 heteroatoms. The molecule has 2 unspecified atom stereocenters. The van der Waals surface area contributed by atoms with Crippen LogP contribution in [0.4, 0.5) is 0 Å². The molecule has 0 bridgehead atoms. The van der Waals surface area contributed by atoms with Gasteiger partial charge in [0.1, 0.15) is 19.8 Å². The van der Waals surface area contributed by atoms with Crippen LogP contribution in [-0.4, -0.2) is 70.0 Å². The van der Waals surface area contributed by atoms with Gasteiger partial charge in [0.25, 0.3) is 7.82 Å². The molecule has 0 fully saturated rings. The third-order valence-electron chi connectivity index (χ3n) is 7.13. The molecule has 42 heavy (non-hydrogen) atoms. The zero-order valence-corrected chi connectivity index (χ0v) is 28.6. The van der Waals surface area contributed by atoms with Crippen molar-refractivity contribution in [2.75, 3.05) is 47.5 Å². The Bertz CT molecular complexity index is 713. The zero-order valence-electron chi connectivity index (χ0n) is 27.7. The molecule has 0 aliphatic carbocycles. The lowest BCUT2D eigenvalue weighted by atomic mass is 10.0. The van der Waals surface area contributed by atoms with Crippen molar-refractivity contribution in [3.05, 3.63) is 0 Å². The van der Waals surface area contributed by atoms with Crippen molar-refractivity contribution < 1.29 is 42.1 Å². The number of carbonyl (C=O) groups is 2. The van der Waals surface area contributed by atoms with Gasteiger partial charge in [0.15, 0.2) is 6.10 Å². The van der Waals surface area contributed by atoms with Crippen LogP contribution in [-0.2, 0) is 32.7 Å². The zero-order chi connectivity index (χ0) is 31.5. The minimum absolute atomic E-state index is 0.0272. The molecule has 0 amide bonds. The molecule has 9 nitrogen and oxygen atoms in total. The van der Waals surface area contributed by atoms with Gasteiger partial charge in [0, 0.05) is 12.8 Å². The van der Waals surface area contributed by atoms with Gasteiger partial charge >= 0.3 is 11.9 Å². The molecule has 0 radical (unpaired) electrons. The lowest BCUT2D eigenvalue weighted by Crippen LogP contribution is -2.37. The Labute approximate surface area is 257 Å². The smallest absolute Gasteiger partial charge is 0.306 e. The van der Waals surface area contributed by atoms with Crippen LogP contribution >= 0.6 is 7.82 Å². The molecule has 0 aliphatic rings. The quantitative estimate of drug-likeness (QED) is 0.0351. The third-order valence-corrected chi connectivity index (χ3v) is 8.09. The number of nitrogens with zero attached hydrogens (tertiary/aromatic N) is 1. The van der Waals surface area contributed by atoms with E-state index in [4.69, 9.17) is 18.5 Å². The van der Waals surface area contributed by atoms with Crippen LogP contribution in [0.1, 0.15) is 142 Å². The van der Waals surface area contributed by atoms with Gasteiger partial charge in [-0.15, -0.1) is 0 Å². The predicted molar refractivity (Wildman–Crippen MR) is 167 cm³/mol. The van der Waals surface area contributed by atoms with E-state index in [1.807, 2.05) is 21.1 Å². The summed E-state index contributed by atoms with van der Waals surface area (Å²) in [6.45, 7) is 4.11. The summed E-state index contributed by atoms with van der Waals surface area (Å²) in [6, 6.07) is 0. The van der Waals surface area contributed by atoms with Crippen LogP contribution in [0.5, 0.6) is 0 Å². The second-order valence-electron chi connectivity index (χ2n) is 12.5. The molecule has 0 aliphatic heterocycles. The lowest BCUT2D eigenvalue weighted by Gasteiger charge is -2.28. The molecule has 0 spiro atoms. The largest absolute Gasteiger partial charge is 0.756 e. The molecule has 250 valence electrons. The minimum atomic E-state index is -4.59. The van der Waals surface area contributed by atoms with E-state index < -0.39 is 26.5 Å². The van der Waals surface area contributed by atoms with Gasteiger partial charge in [0.2, 0.25) is 0 Å². The first kappa shape index (κ1) is 41.0. The van der Waals surface area contributed by atoms with Gasteiger partial charge in [-0.05, 0) is 12.8 Å². The van der Waals surface area contributed by atoms with Crippen LogP contribution in [0.15, 0.2) is 0 Å². The van der Waals surface area contributed by atoms with E-state index in [0.717, 1.165) is 44.9 Å². The maximum absolute atomic E-state index is 12.3. The summed E-state index contributed by atoms with van der Waals surface area (Å²) in [5.41, 5.74) is 0. The fourth-order valence-electron chi connectivity index (χ4n) is 4.42. The van der Waals surface area contributed by atoms with E-state index in [1.54, 1.807) is 0 Å². The van der Waals surface area contributed by atoms with E-state index in [1.165, 1.54) is 64.2 Å². The minimum Gasteiger partial charge on any atom is -0.756 e. The lowest BCUT2D eigenvalue weighted by molar-refractivity contribution is -0.870. The number of likely N-dealkylation sites (N-methyl/N-ethyl adjacent to an activating group) is 1. The Kier molecular flexibility index (Phi) is 25.8. The number of phosphoric ester groups is 1. The number of rotatable bonds is 30. The highest BCUT2D eigenvalue weighted by Crippen LogP contribution is 2.38. The van der Waals surface area contributed by atoms with E-state index >= 15 is 0 Å². The molecular weight excluding hydrogens is 557 g/mol. The Balaban J connectivity index is 4.34. The molecule has 0 saturated carbocycles. The van der Waals surface area contributed by atoms with E-state index in [2.05, 4.69) is 13.8 Å². The number of ether oxygens (including phenoxy) is 2. The highest BCUT2D eigenvalue weighted by atomic mass is 31.2. The molecule has 0 aromatic heterocycles. The van der Waals surface area contributed by atoms with Crippen molar-refractivity contribution in [1.29, 1.82) is 0 Å². The number of hydrogen-bond donors (Lipinski definition) is 0. The standard InChI is InChI=1S/C32H64NO8P/c1-6-8-10-12-13-14-15-16-17-18-19-21-22-24-31(34)38-28-30(41-32(35)25-23-20-11-9-7-2)29-40-42(36,37)39-27-26-33(3,4)5/h30H,6-29H2,1-5H3. The van der Waals surface area contributed by atoms with E-state index in [-0.39, 0.29) is 32.0 Å². The average Bonchev–Trinajstić information content (AvgIpc) is 2.91. The third kappa shape index (κ3) is 29.1. The summed E-state index contributed by atoms with van der Waals surface area (Å²) in [4.78, 5) is 36.8. The number of quaternary nitrogens is 1. The van der Waals surface area contributed by atoms with Crippen molar-refractivity contribution in [3.63, 3.8) is 0 Å². The van der Waals surface area contributed by atoms with Gasteiger partial charge in [-0.2, -0.15) is 0 Å². The van der Waals surface area contributed by atoms with Crippen molar-refractivity contribution in [1.82, 2.24) is 0 Å². The van der Waals surface area contributed by atoms with Gasteiger partial charge in [0.05, 0.1) is 27.7 Å². The monoisotopic (exact) mass is 621 g/mol. The maximum Gasteiger partial charge on any atom is 0.306 e. The topological polar surface area (TPSA) is 111 Å². The molecule has 0 rings (SSSR count). The van der Waals surface area contributed by atoms with Crippen LogP contribution in [0.25, 0.3) is 0 Å². The van der Waals surface area contributed by atoms with Crippen LogP contribution in [0.2, 0.25) is 0 Å². The van der Waals surface area contributed by atoms with Crippen molar-refractivity contribution >= 4 is 19.8 Å². The number of esters is 2. The van der Waals surface area contributed by atoms with Crippen LogP contribution in [0, 0.1) is 0 Å². The first-order chi connectivity index (χ1) is 20.0. The number of carbonyl (C=O) groups excluding carboxylic acids is 2. The normalized spacial score (nSPS) is 14.0. The Morgan fingerprint density at radius 3 is 1.52 bits per heavy atom. The molecular formula is C32H64NO8P. The molecule has 2 atom stereocenters. The summed E-state index contributed by atoms with van der Waals surface area (Å²) in [6.07, 6.45) is 20.3. The first-order valence-electron chi connectivity index (χ1n) is 16.7. The Morgan fingerprint density at radius 2 is 1.07 bits per heavy atom. The van der Waals surface area contributed by atoms with Gasteiger partial charge < -0.3 is 27.9 Å². The average molecular weight is 622 g/mol. The summed E-state index contributed by atoms with van der Waals surface area (Å²) in [5.74, 6) is -0.845. The summed E-state index contributed by atoms with van der Waals surface area (Å²) < 4.78 is 33.4. The van der Waals surface area contributed by atoms with Crippen molar-refractivity contribution in [2.24, 2.45) is 0 Å². The molecule has 0 N–H and O–H groups in total. The molecule has 0 saturated heterocycles. The second-order valence-corrected chi connectivity index (χ2v) is 14.0. The van der Waals surface area contributed by atoms with E-state index in [9.17, 15) is 19.0 Å². The number of hydrogen-bond acceptors (Lipinski definition) is 8. The maximum atomic E-state index is 12.3. The fourth-order valence-corrected chi connectivity index (χ4v) is 5.15. The Hall–Kier alpha value is -0.990. The van der Waals surface area contributed by atoms with Crippen molar-refractivity contribution in [3.8, 4) is 0 Å². The van der Waals surface area contributed by atoms with Crippen LogP contribution < -0.4 is 4.89 Å². The predicted octanol–water partition coefficient (Wildman–Crippen LogP) is 7.49. The van der Waals surface area contributed by atoms with E-state index in [0.29, 0.717) is 17.4 Å². The van der Waals surface area contributed by atoms with Crippen molar-refractivity contribution in [2.45, 2.75) is 148 Å². The van der Waals surface area contributed by atoms with Gasteiger partial charge in [-0.3, -0.25) is 14.2 Å². The second kappa shape index (κ2) is 26.4. The number of phosphoric acid groups is 1. The van der Waals surface area contributed by atoms with Gasteiger partial charge in [-0.1, -0.05) is 117 Å². The first-order valence-corrected chi connectivity index (χ1v) is 18.2. The van der Waals surface area contributed by atoms with Gasteiger partial charge in [-0.25, -0.2) is 0 Å². The molecule has 0 aromatic carbocycles. The summed E-state index contributed by atoms with van der Waals surface area (Å²) in [7, 11) is 1.17. The summed E-state index contributed by atoms with van der Waals surface area (Å²) >= 11 is 0. The SMILES string of the molecule is CCCCCCCCCCCCCCCC(=O)OCC(COP(=O)([O-])OCC[N+](C)(C)C)OC(=O)CCCCCCC. The molecule has 0 aromatic rings. The summed E-state index contributed by atoms with van der Waals surface area (Å²) in [5, 5.41) is 0. The van der Waals surface area contributed by atoms with Crippen LogP contribution in [0.3, 0.4) is 0 Å². The Morgan fingerprint density at radius 1 is 0.643 bits per heavy atom. The highest BCUT2D eigenvalue weighted by molar-refractivity contribution is 7.45. The highest BCUT2D eigenvalue weighted by Gasteiger charge is 2.21.